The summed E-state index contributed by atoms with van der Waals surface area (Å²) in [4.78, 5) is 26.7. The van der Waals surface area contributed by atoms with Crippen LogP contribution in [0.5, 0.6) is 0 Å². The number of carbonyl (C=O) groups excluding carboxylic acids is 2. The van der Waals surface area contributed by atoms with Crippen molar-refractivity contribution in [3.8, 4) is 5.69 Å². The van der Waals surface area contributed by atoms with E-state index in [4.69, 9.17) is 4.42 Å². The van der Waals surface area contributed by atoms with Gasteiger partial charge >= 0.3 is 0 Å². The van der Waals surface area contributed by atoms with Crippen molar-refractivity contribution in [1.82, 2.24) is 9.78 Å². The summed E-state index contributed by atoms with van der Waals surface area (Å²) in [6.07, 6.45) is 1.39. The summed E-state index contributed by atoms with van der Waals surface area (Å²) in [5.74, 6) is -1.03. The fourth-order valence-electron chi connectivity index (χ4n) is 3.61. The second kappa shape index (κ2) is 8.60. The molecule has 3 heterocycles. The molecule has 7 nitrogen and oxygen atoms in total. The first-order chi connectivity index (χ1) is 16.4. The first kappa shape index (κ1) is 21.6. The first-order valence-electron chi connectivity index (χ1n) is 10.4. The van der Waals surface area contributed by atoms with Crippen molar-refractivity contribution < 1.29 is 18.4 Å². The Labute approximate surface area is 197 Å². The molecule has 34 heavy (non-hydrogen) atoms. The third-order valence-corrected chi connectivity index (χ3v) is 6.45. The summed E-state index contributed by atoms with van der Waals surface area (Å²) in [6.45, 7) is 3.54. The van der Waals surface area contributed by atoms with Crippen LogP contribution in [0.2, 0.25) is 0 Å². The number of carbonyl (C=O) groups is 2. The van der Waals surface area contributed by atoms with Crippen molar-refractivity contribution in [3.63, 3.8) is 0 Å². The summed E-state index contributed by atoms with van der Waals surface area (Å²) in [7, 11) is 0. The van der Waals surface area contributed by atoms with Crippen molar-refractivity contribution in [2.75, 3.05) is 10.6 Å². The number of amides is 2. The number of hydrogen-bond donors (Lipinski definition) is 2. The average molecular weight is 475 g/mol. The van der Waals surface area contributed by atoms with Crippen LogP contribution < -0.4 is 10.6 Å². The molecule has 2 N–H and O–H groups in total. The highest BCUT2D eigenvalue weighted by molar-refractivity contribution is 7.20. The zero-order valence-corrected chi connectivity index (χ0v) is 19.1. The fraction of sp³-hybridized carbons (Fsp3) is 0.0800. The van der Waals surface area contributed by atoms with Gasteiger partial charge in [0.15, 0.2) is 0 Å². The Bertz CT molecular complexity index is 1530. The molecule has 0 bridgehead atoms. The van der Waals surface area contributed by atoms with Gasteiger partial charge in [-0.15, -0.1) is 11.3 Å². The Morgan fingerprint density at radius 2 is 1.79 bits per heavy atom. The molecule has 2 amide bonds. The van der Waals surface area contributed by atoms with Gasteiger partial charge in [0.25, 0.3) is 11.8 Å². The minimum Gasteiger partial charge on any atom is -0.469 e. The highest BCUT2D eigenvalue weighted by atomic mass is 32.1. The Morgan fingerprint density at radius 3 is 2.53 bits per heavy atom. The van der Waals surface area contributed by atoms with Crippen LogP contribution in [0.25, 0.3) is 15.9 Å². The van der Waals surface area contributed by atoms with Crippen LogP contribution in [0, 0.1) is 19.7 Å². The zero-order valence-electron chi connectivity index (χ0n) is 18.3. The number of furan rings is 1. The standard InChI is InChI=1S/C25H19FN4O3S/c1-14-19-13-22(34-25(19)30(29-14)17-6-4-3-5-7-17)24(32)27-16-8-9-20(26)21(12-16)28-23(31)18-10-11-33-15(18)2/h3-13H,1-2H3,(H,27,32)(H,28,31). The molecule has 0 fully saturated rings. The van der Waals surface area contributed by atoms with Crippen LogP contribution in [0.1, 0.15) is 31.5 Å². The molecule has 3 aromatic heterocycles. The van der Waals surface area contributed by atoms with Gasteiger partial charge in [-0.3, -0.25) is 9.59 Å². The van der Waals surface area contributed by atoms with Crippen LogP contribution >= 0.6 is 11.3 Å². The summed E-state index contributed by atoms with van der Waals surface area (Å²) >= 11 is 1.32. The van der Waals surface area contributed by atoms with E-state index in [1.165, 1.54) is 41.9 Å². The van der Waals surface area contributed by atoms with Crippen molar-refractivity contribution >= 4 is 44.7 Å². The van der Waals surface area contributed by atoms with Gasteiger partial charge in [-0.1, -0.05) is 18.2 Å². The van der Waals surface area contributed by atoms with E-state index in [0.29, 0.717) is 21.9 Å². The Hall–Kier alpha value is -4.24. The lowest BCUT2D eigenvalue weighted by Gasteiger charge is -2.09. The topological polar surface area (TPSA) is 89.2 Å². The van der Waals surface area contributed by atoms with Gasteiger partial charge in [-0.2, -0.15) is 5.10 Å². The number of rotatable bonds is 5. The Morgan fingerprint density at radius 1 is 1.00 bits per heavy atom. The van der Waals surface area contributed by atoms with Crippen LogP contribution in [0.4, 0.5) is 15.8 Å². The molecular weight excluding hydrogens is 455 g/mol. The van der Waals surface area contributed by atoms with Crippen LogP contribution in [-0.4, -0.2) is 21.6 Å². The van der Waals surface area contributed by atoms with E-state index >= 15 is 0 Å². The second-order valence-corrected chi connectivity index (χ2v) is 8.69. The number of aromatic nitrogens is 2. The monoisotopic (exact) mass is 474 g/mol. The number of fused-ring (bicyclic) bond motifs is 1. The Balaban J connectivity index is 1.39. The summed E-state index contributed by atoms with van der Waals surface area (Å²) in [5.41, 5.74) is 2.33. The normalized spacial score (nSPS) is 11.0. The van der Waals surface area contributed by atoms with E-state index in [2.05, 4.69) is 15.7 Å². The second-order valence-electron chi connectivity index (χ2n) is 7.66. The number of benzene rings is 2. The summed E-state index contributed by atoms with van der Waals surface area (Å²) in [5, 5.41) is 10.8. The first-order valence-corrected chi connectivity index (χ1v) is 11.2. The van der Waals surface area contributed by atoms with E-state index in [1.807, 2.05) is 41.9 Å². The molecule has 9 heteroatoms. The van der Waals surface area contributed by atoms with E-state index in [1.54, 1.807) is 13.0 Å². The molecule has 0 aliphatic heterocycles. The zero-order chi connectivity index (χ0) is 23.8. The number of thiophene rings is 1. The number of para-hydroxylation sites is 1. The van der Waals surface area contributed by atoms with Crippen LogP contribution in [0.3, 0.4) is 0 Å². The van der Waals surface area contributed by atoms with Crippen molar-refractivity contribution in [3.05, 3.63) is 94.6 Å². The lowest BCUT2D eigenvalue weighted by atomic mass is 10.2. The third kappa shape index (κ3) is 3.97. The van der Waals surface area contributed by atoms with E-state index in [0.717, 1.165) is 21.6 Å². The van der Waals surface area contributed by atoms with Gasteiger partial charge in [-0.25, -0.2) is 9.07 Å². The maximum Gasteiger partial charge on any atom is 0.265 e. The minimum atomic E-state index is -0.618. The van der Waals surface area contributed by atoms with Gasteiger partial charge in [0, 0.05) is 11.1 Å². The van der Waals surface area contributed by atoms with Gasteiger partial charge < -0.3 is 15.1 Å². The quantitative estimate of drug-likeness (QED) is 0.330. The number of hydrogen-bond acceptors (Lipinski definition) is 5. The maximum atomic E-state index is 14.3. The molecule has 0 aliphatic carbocycles. The van der Waals surface area contributed by atoms with E-state index in [9.17, 15) is 14.0 Å². The SMILES string of the molecule is Cc1occc1C(=O)Nc1cc(NC(=O)c2cc3c(C)nn(-c4ccccc4)c3s2)ccc1F. The molecule has 0 radical (unpaired) electrons. The summed E-state index contributed by atoms with van der Waals surface area (Å²) in [6, 6.07) is 17.0. The molecule has 170 valence electrons. The lowest BCUT2D eigenvalue weighted by Crippen LogP contribution is -2.14. The molecule has 0 saturated carbocycles. The summed E-state index contributed by atoms with van der Waals surface area (Å²) < 4.78 is 21.3. The van der Waals surface area contributed by atoms with Crippen molar-refractivity contribution in [1.29, 1.82) is 0 Å². The predicted molar refractivity (Wildman–Crippen MR) is 129 cm³/mol. The average Bonchev–Trinajstić information content (AvgIpc) is 3.53. The van der Waals surface area contributed by atoms with Gasteiger partial charge in [-0.05, 0) is 56.3 Å². The van der Waals surface area contributed by atoms with Crippen molar-refractivity contribution in [2.24, 2.45) is 0 Å². The molecule has 0 saturated heterocycles. The number of anilines is 2. The predicted octanol–water partition coefficient (Wildman–Crippen LogP) is 5.94. The maximum absolute atomic E-state index is 14.3. The van der Waals surface area contributed by atoms with Gasteiger partial charge in [0.05, 0.1) is 33.8 Å². The smallest absolute Gasteiger partial charge is 0.265 e. The highest BCUT2D eigenvalue weighted by Crippen LogP contribution is 2.31. The number of halogens is 1. The van der Waals surface area contributed by atoms with E-state index in [-0.39, 0.29) is 11.6 Å². The number of nitrogens with one attached hydrogen (secondary N) is 2. The number of aryl methyl sites for hydroxylation is 2. The van der Waals surface area contributed by atoms with E-state index < -0.39 is 11.7 Å². The number of nitrogens with zero attached hydrogens (tertiary/aromatic N) is 2. The molecule has 0 atom stereocenters. The minimum absolute atomic E-state index is 0.0460. The lowest BCUT2D eigenvalue weighted by molar-refractivity contribution is 0.102. The third-order valence-electron chi connectivity index (χ3n) is 5.35. The molecule has 5 rings (SSSR count). The molecule has 0 spiro atoms. The fourth-order valence-corrected chi connectivity index (χ4v) is 4.68. The van der Waals surface area contributed by atoms with Crippen molar-refractivity contribution in [2.45, 2.75) is 13.8 Å². The molecule has 5 aromatic rings. The van der Waals surface area contributed by atoms with Crippen LogP contribution in [-0.2, 0) is 0 Å². The van der Waals surface area contributed by atoms with Gasteiger partial charge in [0.2, 0.25) is 0 Å². The molecule has 2 aromatic carbocycles. The van der Waals surface area contributed by atoms with Crippen LogP contribution in [0.15, 0.2) is 71.3 Å². The molecular formula is C25H19FN4O3S. The molecule has 0 aliphatic rings. The molecule has 0 unspecified atom stereocenters. The highest BCUT2D eigenvalue weighted by Gasteiger charge is 2.18. The largest absolute Gasteiger partial charge is 0.469 e. The van der Waals surface area contributed by atoms with Gasteiger partial charge in [0.1, 0.15) is 16.4 Å². The Kier molecular flexibility index (Phi) is 5.46.